The molecule has 0 bridgehead atoms. The number of imidazole rings is 1. The van der Waals surface area contributed by atoms with Crippen LogP contribution in [0, 0.1) is 0 Å². The number of nitrogens with zero attached hydrogens (tertiary/aromatic N) is 3. The molecule has 9 heteroatoms. The number of fused-ring (bicyclic) bond motifs is 1. The van der Waals surface area contributed by atoms with Crippen LogP contribution >= 0.6 is 11.8 Å². The SMILES string of the molecule is CN(C)S(=O)(=O)c1ccc2c(c1)nc(CCC(=O)NCCCSc1ccccc1)n2C. The molecule has 0 aliphatic heterocycles. The maximum atomic E-state index is 12.3. The van der Waals surface area contributed by atoms with Gasteiger partial charge in [-0.15, -0.1) is 11.8 Å². The number of aromatic nitrogens is 2. The number of carbonyl (C=O) groups is 1. The van der Waals surface area contributed by atoms with Crippen LogP contribution in [0.1, 0.15) is 18.7 Å². The molecular formula is C22H28N4O3S2. The molecule has 0 fully saturated rings. The number of hydrogen-bond acceptors (Lipinski definition) is 5. The molecule has 166 valence electrons. The van der Waals surface area contributed by atoms with Gasteiger partial charge in [-0.1, -0.05) is 18.2 Å². The molecular weight excluding hydrogens is 432 g/mol. The van der Waals surface area contributed by atoms with Crippen molar-refractivity contribution in [1.82, 2.24) is 19.2 Å². The quantitative estimate of drug-likeness (QED) is 0.371. The van der Waals surface area contributed by atoms with E-state index in [0.717, 1.165) is 23.5 Å². The monoisotopic (exact) mass is 460 g/mol. The molecule has 2 aromatic carbocycles. The van der Waals surface area contributed by atoms with Gasteiger partial charge in [0.05, 0.1) is 15.9 Å². The molecule has 0 unspecified atom stereocenters. The zero-order chi connectivity index (χ0) is 22.4. The summed E-state index contributed by atoms with van der Waals surface area (Å²) in [5, 5.41) is 2.96. The minimum Gasteiger partial charge on any atom is -0.356 e. The largest absolute Gasteiger partial charge is 0.356 e. The minimum atomic E-state index is -3.51. The molecule has 3 rings (SSSR count). The van der Waals surface area contributed by atoms with Crippen molar-refractivity contribution in [3.05, 3.63) is 54.4 Å². The highest BCUT2D eigenvalue weighted by atomic mass is 32.2. The molecule has 0 saturated heterocycles. The molecule has 1 heterocycles. The van der Waals surface area contributed by atoms with Gasteiger partial charge in [0.1, 0.15) is 5.82 Å². The summed E-state index contributed by atoms with van der Waals surface area (Å²) in [6, 6.07) is 15.1. The number of nitrogens with one attached hydrogen (secondary N) is 1. The van der Waals surface area contributed by atoms with Crippen LogP contribution in [0.25, 0.3) is 11.0 Å². The summed E-state index contributed by atoms with van der Waals surface area (Å²) in [5.74, 6) is 1.70. The number of sulfonamides is 1. The molecule has 0 atom stereocenters. The molecule has 0 saturated carbocycles. The molecule has 1 N–H and O–H groups in total. The molecule has 1 aromatic heterocycles. The number of rotatable bonds is 10. The van der Waals surface area contributed by atoms with Crippen LogP contribution in [-0.4, -0.2) is 54.6 Å². The van der Waals surface area contributed by atoms with Crippen molar-refractivity contribution in [2.75, 3.05) is 26.4 Å². The number of amides is 1. The van der Waals surface area contributed by atoms with Crippen molar-refractivity contribution in [3.8, 4) is 0 Å². The topological polar surface area (TPSA) is 84.3 Å². The Balaban J connectivity index is 1.51. The highest BCUT2D eigenvalue weighted by Gasteiger charge is 2.19. The van der Waals surface area contributed by atoms with Crippen LogP contribution in [0.15, 0.2) is 58.3 Å². The summed E-state index contributed by atoms with van der Waals surface area (Å²) in [4.78, 5) is 18.2. The summed E-state index contributed by atoms with van der Waals surface area (Å²) >= 11 is 1.78. The molecule has 1 amide bonds. The fraction of sp³-hybridized carbons (Fsp3) is 0.364. The van der Waals surface area contributed by atoms with Crippen molar-refractivity contribution in [2.24, 2.45) is 7.05 Å². The third kappa shape index (κ3) is 5.87. The average Bonchev–Trinajstić information content (AvgIpc) is 3.07. The first-order chi connectivity index (χ1) is 14.8. The second-order valence-electron chi connectivity index (χ2n) is 7.39. The summed E-state index contributed by atoms with van der Waals surface area (Å²) < 4.78 is 27.8. The Morgan fingerprint density at radius 3 is 2.61 bits per heavy atom. The molecule has 3 aromatic rings. The normalized spacial score (nSPS) is 11.9. The Kier molecular flexibility index (Phi) is 7.74. The van der Waals surface area contributed by atoms with E-state index in [0.29, 0.717) is 24.9 Å². The zero-order valence-electron chi connectivity index (χ0n) is 18.0. The van der Waals surface area contributed by atoms with E-state index in [-0.39, 0.29) is 10.8 Å². The van der Waals surface area contributed by atoms with E-state index >= 15 is 0 Å². The van der Waals surface area contributed by atoms with Crippen molar-refractivity contribution in [1.29, 1.82) is 0 Å². The first-order valence-corrected chi connectivity index (χ1v) is 12.5. The van der Waals surface area contributed by atoms with E-state index in [1.807, 2.05) is 29.8 Å². The lowest BCUT2D eigenvalue weighted by Gasteiger charge is -2.10. The lowest BCUT2D eigenvalue weighted by Crippen LogP contribution is -2.25. The summed E-state index contributed by atoms with van der Waals surface area (Å²) in [5.41, 5.74) is 1.45. The van der Waals surface area contributed by atoms with Crippen LogP contribution in [0.4, 0.5) is 0 Å². The van der Waals surface area contributed by atoms with Crippen molar-refractivity contribution in [3.63, 3.8) is 0 Å². The minimum absolute atomic E-state index is 0.00681. The van der Waals surface area contributed by atoms with Gasteiger partial charge in [-0.2, -0.15) is 0 Å². The lowest BCUT2D eigenvalue weighted by molar-refractivity contribution is -0.121. The van der Waals surface area contributed by atoms with Gasteiger partial charge in [0.15, 0.2) is 0 Å². The Morgan fingerprint density at radius 2 is 1.90 bits per heavy atom. The number of thioether (sulfide) groups is 1. The van der Waals surface area contributed by atoms with E-state index in [9.17, 15) is 13.2 Å². The van der Waals surface area contributed by atoms with Crippen LogP contribution in [0.2, 0.25) is 0 Å². The predicted octanol–water partition coefficient (Wildman–Crippen LogP) is 3.05. The van der Waals surface area contributed by atoms with Gasteiger partial charge in [-0.05, 0) is 42.5 Å². The van der Waals surface area contributed by atoms with Crippen molar-refractivity contribution >= 4 is 38.7 Å². The van der Waals surface area contributed by atoms with Crippen LogP contribution in [-0.2, 0) is 28.3 Å². The Bertz CT molecular complexity index is 1140. The third-order valence-corrected chi connectivity index (χ3v) is 7.86. The van der Waals surface area contributed by atoms with Gasteiger partial charge in [0.25, 0.3) is 0 Å². The number of aryl methyl sites for hydroxylation is 2. The maximum absolute atomic E-state index is 12.3. The second-order valence-corrected chi connectivity index (χ2v) is 10.7. The highest BCUT2D eigenvalue weighted by Crippen LogP contribution is 2.22. The van der Waals surface area contributed by atoms with E-state index in [4.69, 9.17) is 0 Å². The predicted molar refractivity (Wildman–Crippen MR) is 125 cm³/mol. The van der Waals surface area contributed by atoms with E-state index in [1.54, 1.807) is 30.0 Å². The molecule has 0 spiro atoms. The summed E-state index contributed by atoms with van der Waals surface area (Å²) in [6.45, 7) is 0.646. The molecule has 31 heavy (non-hydrogen) atoms. The first-order valence-electron chi connectivity index (χ1n) is 10.1. The number of carbonyl (C=O) groups excluding carboxylic acids is 1. The fourth-order valence-electron chi connectivity index (χ4n) is 3.14. The third-order valence-electron chi connectivity index (χ3n) is 4.95. The van der Waals surface area contributed by atoms with E-state index in [2.05, 4.69) is 22.4 Å². The van der Waals surface area contributed by atoms with Gasteiger partial charge < -0.3 is 9.88 Å². The molecule has 0 aliphatic rings. The molecule has 0 radical (unpaired) electrons. The Labute approximate surface area is 187 Å². The van der Waals surface area contributed by atoms with Gasteiger partial charge in [-0.3, -0.25) is 4.79 Å². The first kappa shape index (κ1) is 23.3. The Morgan fingerprint density at radius 1 is 1.16 bits per heavy atom. The molecule has 0 aliphatic carbocycles. The summed E-state index contributed by atoms with van der Waals surface area (Å²) in [7, 11) is 1.37. The van der Waals surface area contributed by atoms with Crippen LogP contribution in [0.3, 0.4) is 0 Å². The average molecular weight is 461 g/mol. The summed E-state index contributed by atoms with van der Waals surface area (Å²) in [6.07, 6.45) is 1.73. The molecule has 7 nitrogen and oxygen atoms in total. The van der Waals surface area contributed by atoms with Gasteiger partial charge in [0.2, 0.25) is 15.9 Å². The smallest absolute Gasteiger partial charge is 0.242 e. The standard InChI is InChI=1S/C22H28N4O3S2/c1-25(2)31(28,29)18-10-11-20-19(16-18)24-21(26(20)3)12-13-22(27)23-14-7-15-30-17-8-5-4-6-9-17/h4-6,8-11,16H,7,12-15H2,1-3H3,(H,23,27). The zero-order valence-corrected chi connectivity index (χ0v) is 19.7. The highest BCUT2D eigenvalue weighted by molar-refractivity contribution is 7.99. The van der Waals surface area contributed by atoms with E-state index < -0.39 is 10.0 Å². The Hall–Kier alpha value is -2.36. The number of benzene rings is 2. The maximum Gasteiger partial charge on any atom is 0.242 e. The van der Waals surface area contributed by atoms with Crippen molar-refractivity contribution in [2.45, 2.75) is 29.1 Å². The second kappa shape index (κ2) is 10.3. The van der Waals surface area contributed by atoms with Crippen LogP contribution in [0.5, 0.6) is 0 Å². The van der Waals surface area contributed by atoms with Crippen molar-refractivity contribution < 1.29 is 13.2 Å². The van der Waals surface area contributed by atoms with Gasteiger partial charge >= 0.3 is 0 Å². The van der Waals surface area contributed by atoms with Crippen LogP contribution < -0.4 is 5.32 Å². The lowest BCUT2D eigenvalue weighted by atomic mass is 10.3. The van der Waals surface area contributed by atoms with Gasteiger partial charge in [-0.25, -0.2) is 17.7 Å². The van der Waals surface area contributed by atoms with E-state index in [1.165, 1.54) is 23.3 Å². The fourth-order valence-corrected chi connectivity index (χ4v) is 4.94. The number of hydrogen-bond donors (Lipinski definition) is 1. The van der Waals surface area contributed by atoms with Gasteiger partial charge in [0, 0.05) is 45.4 Å².